The number of carbonyl (C=O) groups is 1. The van der Waals surface area contributed by atoms with E-state index in [1.54, 1.807) is 24.4 Å². The van der Waals surface area contributed by atoms with Crippen LogP contribution >= 0.6 is 0 Å². The fourth-order valence-corrected chi connectivity index (χ4v) is 3.58. The molecule has 2 aliphatic rings. The van der Waals surface area contributed by atoms with Crippen LogP contribution in [0.4, 0.5) is 0 Å². The normalized spacial score (nSPS) is 27.3. The Labute approximate surface area is 122 Å². The van der Waals surface area contributed by atoms with Gasteiger partial charge in [-0.15, -0.1) is 0 Å². The maximum atomic E-state index is 12.3. The number of rotatable bonds is 3. The van der Waals surface area contributed by atoms with Gasteiger partial charge in [-0.2, -0.15) is 0 Å². The summed E-state index contributed by atoms with van der Waals surface area (Å²) < 4.78 is 5.57. The molecule has 0 radical (unpaired) electrons. The lowest BCUT2D eigenvalue weighted by molar-refractivity contribution is 0.0326. The van der Waals surface area contributed by atoms with Crippen molar-refractivity contribution in [2.24, 2.45) is 5.41 Å². The van der Waals surface area contributed by atoms with Gasteiger partial charge in [0.1, 0.15) is 5.75 Å². The molecule has 4 rings (SSSR count). The van der Waals surface area contributed by atoms with Crippen LogP contribution in [0.15, 0.2) is 24.4 Å². The molecule has 2 bridgehead atoms. The number of fused-ring (bicyclic) bond motifs is 3. The van der Waals surface area contributed by atoms with Crippen molar-refractivity contribution >= 4 is 16.9 Å². The van der Waals surface area contributed by atoms with E-state index in [1.165, 1.54) is 0 Å². The number of hydrogen-bond acceptors (Lipinski definition) is 4. The molecule has 5 heteroatoms. The molecule has 0 saturated carbocycles. The first-order valence-corrected chi connectivity index (χ1v) is 7.35. The van der Waals surface area contributed by atoms with Crippen LogP contribution in [0, 0.1) is 5.41 Å². The van der Waals surface area contributed by atoms with Crippen molar-refractivity contribution in [3.63, 3.8) is 0 Å². The Balaban J connectivity index is 1.52. The number of aromatic nitrogens is 1. The molecule has 2 aromatic rings. The van der Waals surface area contributed by atoms with Crippen molar-refractivity contribution in [1.82, 2.24) is 9.88 Å². The number of aromatic hydroxyl groups is 1. The number of ether oxygens (including phenoxy) is 1. The molecule has 2 fully saturated rings. The summed E-state index contributed by atoms with van der Waals surface area (Å²) >= 11 is 0. The Morgan fingerprint density at radius 1 is 1.38 bits per heavy atom. The predicted octanol–water partition coefficient (Wildman–Crippen LogP) is 2.13. The Morgan fingerprint density at radius 2 is 2.19 bits per heavy atom. The van der Waals surface area contributed by atoms with Gasteiger partial charge in [0.05, 0.1) is 12.2 Å². The first kappa shape index (κ1) is 12.7. The van der Waals surface area contributed by atoms with Crippen molar-refractivity contribution in [1.29, 1.82) is 0 Å². The van der Waals surface area contributed by atoms with Crippen LogP contribution in [-0.4, -0.2) is 47.2 Å². The van der Waals surface area contributed by atoms with Crippen LogP contribution in [0.25, 0.3) is 10.9 Å². The maximum Gasteiger partial charge on any atom is 0.340 e. The largest absolute Gasteiger partial charge is 0.508 e. The molecular weight excluding hydrogens is 268 g/mol. The van der Waals surface area contributed by atoms with E-state index in [4.69, 9.17) is 4.74 Å². The summed E-state index contributed by atoms with van der Waals surface area (Å²) in [6.07, 6.45) is 3.89. The molecule has 0 unspecified atom stereocenters. The molecule has 2 aliphatic heterocycles. The van der Waals surface area contributed by atoms with Gasteiger partial charge in [0.25, 0.3) is 0 Å². The molecule has 0 atom stereocenters. The molecule has 110 valence electrons. The molecule has 0 aliphatic carbocycles. The molecule has 1 aromatic carbocycles. The minimum atomic E-state index is -0.313. The molecule has 0 spiro atoms. The first-order valence-electron chi connectivity index (χ1n) is 7.35. The van der Waals surface area contributed by atoms with Gasteiger partial charge in [-0.05, 0) is 44.1 Å². The van der Waals surface area contributed by atoms with E-state index in [9.17, 15) is 9.90 Å². The number of aromatic amines is 1. The third-order valence-electron chi connectivity index (χ3n) is 4.87. The number of carbonyl (C=O) groups excluding carboxylic acids is 1. The second kappa shape index (κ2) is 4.49. The van der Waals surface area contributed by atoms with Crippen LogP contribution in [0.2, 0.25) is 0 Å². The third kappa shape index (κ3) is 2.08. The molecule has 2 saturated heterocycles. The number of phenolic OH excluding ortho intramolecular Hbond substituents is 1. The molecule has 1 aromatic heterocycles. The molecule has 2 N–H and O–H groups in total. The van der Waals surface area contributed by atoms with Gasteiger partial charge >= 0.3 is 5.97 Å². The van der Waals surface area contributed by atoms with Gasteiger partial charge in [-0.3, -0.25) is 0 Å². The van der Waals surface area contributed by atoms with Gasteiger partial charge in [-0.25, -0.2) is 4.79 Å². The lowest BCUT2D eigenvalue weighted by atomic mass is 9.86. The summed E-state index contributed by atoms with van der Waals surface area (Å²) in [6, 6.07) is 4.94. The Morgan fingerprint density at radius 3 is 2.90 bits per heavy atom. The summed E-state index contributed by atoms with van der Waals surface area (Å²) in [5.74, 6) is -0.163. The average Bonchev–Trinajstić information content (AvgIpc) is 3.18. The monoisotopic (exact) mass is 286 g/mol. The topological polar surface area (TPSA) is 65.6 Å². The summed E-state index contributed by atoms with van der Waals surface area (Å²) in [7, 11) is 0. The van der Waals surface area contributed by atoms with Crippen molar-refractivity contribution < 1.29 is 14.6 Å². The second-order valence-electron chi connectivity index (χ2n) is 6.28. The third-order valence-corrected chi connectivity index (χ3v) is 4.87. The predicted molar refractivity (Wildman–Crippen MR) is 78.4 cm³/mol. The number of nitrogens with zero attached hydrogens (tertiary/aromatic N) is 1. The highest BCUT2D eigenvalue weighted by molar-refractivity contribution is 6.04. The highest BCUT2D eigenvalue weighted by atomic mass is 16.5. The zero-order valence-electron chi connectivity index (χ0n) is 11.8. The fourth-order valence-electron chi connectivity index (χ4n) is 3.58. The Bertz CT molecular complexity index is 699. The SMILES string of the molecule is O=C(OCC12CCN(CC1)C2)c1c[nH]c2ccc(O)cc12. The quantitative estimate of drug-likeness (QED) is 0.848. The standard InChI is InChI=1S/C16H18N2O3/c19-11-1-2-14-12(7-11)13(8-17-14)15(20)21-10-16-3-5-18(9-16)6-4-16/h1-2,7-8,17,19H,3-6,9-10H2. The minimum Gasteiger partial charge on any atom is -0.508 e. The molecule has 5 nitrogen and oxygen atoms in total. The number of nitrogens with one attached hydrogen (secondary N) is 1. The van der Waals surface area contributed by atoms with Gasteiger partial charge in [-0.1, -0.05) is 0 Å². The molecule has 21 heavy (non-hydrogen) atoms. The van der Waals surface area contributed by atoms with E-state index < -0.39 is 0 Å². The number of esters is 1. The summed E-state index contributed by atoms with van der Waals surface area (Å²) in [6.45, 7) is 3.79. The summed E-state index contributed by atoms with van der Waals surface area (Å²) in [5.41, 5.74) is 1.49. The lowest BCUT2D eigenvalue weighted by Gasteiger charge is -2.24. The fraction of sp³-hybridized carbons (Fsp3) is 0.438. The zero-order chi connectivity index (χ0) is 14.4. The summed E-state index contributed by atoms with van der Waals surface area (Å²) in [4.78, 5) is 17.8. The van der Waals surface area contributed by atoms with Crippen molar-refractivity contribution in [3.8, 4) is 5.75 Å². The number of piperidine rings is 1. The first-order chi connectivity index (χ1) is 10.2. The highest BCUT2D eigenvalue weighted by Gasteiger charge is 2.44. The molecular formula is C16H18N2O3. The second-order valence-corrected chi connectivity index (χ2v) is 6.28. The van der Waals surface area contributed by atoms with E-state index in [1.807, 2.05) is 0 Å². The van der Waals surface area contributed by atoms with Gasteiger partial charge in [0, 0.05) is 29.1 Å². The summed E-state index contributed by atoms with van der Waals surface area (Å²) in [5, 5.41) is 10.3. The van der Waals surface area contributed by atoms with Crippen LogP contribution in [0.3, 0.4) is 0 Å². The van der Waals surface area contributed by atoms with Crippen molar-refractivity contribution in [2.45, 2.75) is 12.8 Å². The van der Waals surface area contributed by atoms with Crippen molar-refractivity contribution in [2.75, 3.05) is 26.2 Å². The molecule has 3 heterocycles. The Hall–Kier alpha value is -2.01. The van der Waals surface area contributed by atoms with Crippen LogP contribution in [0.5, 0.6) is 5.75 Å². The minimum absolute atomic E-state index is 0.150. The Kier molecular flexibility index (Phi) is 2.72. The van der Waals surface area contributed by atoms with Crippen LogP contribution < -0.4 is 0 Å². The molecule has 0 amide bonds. The number of phenols is 1. The zero-order valence-corrected chi connectivity index (χ0v) is 11.8. The van der Waals surface area contributed by atoms with E-state index in [-0.39, 0.29) is 17.1 Å². The van der Waals surface area contributed by atoms with E-state index in [0.29, 0.717) is 17.6 Å². The van der Waals surface area contributed by atoms with Crippen LogP contribution in [0.1, 0.15) is 23.2 Å². The highest BCUT2D eigenvalue weighted by Crippen LogP contribution is 2.40. The number of benzene rings is 1. The number of H-pyrrole nitrogens is 1. The average molecular weight is 286 g/mol. The van der Waals surface area contributed by atoms with E-state index in [2.05, 4.69) is 9.88 Å². The van der Waals surface area contributed by atoms with E-state index in [0.717, 1.165) is 38.0 Å². The van der Waals surface area contributed by atoms with Crippen molar-refractivity contribution in [3.05, 3.63) is 30.0 Å². The smallest absolute Gasteiger partial charge is 0.340 e. The van der Waals surface area contributed by atoms with Crippen LogP contribution in [-0.2, 0) is 4.74 Å². The van der Waals surface area contributed by atoms with Gasteiger partial charge in [0.15, 0.2) is 0 Å². The maximum absolute atomic E-state index is 12.3. The van der Waals surface area contributed by atoms with Gasteiger partial charge in [0.2, 0.25) is 0 Å². The number of hydrogen-bond donors (Lipinski definition) is 2. The van der Waals surface area contributed by atoms with Gasteiger partial charge < -0.3 is 19.7 Å². The lowest BCUT2D eigenvalue weighted by Crippen LogP contribution is -2.27. The van der Waals surface area contributed by atoms with E-state index >= 15 is 0 Å².